The number of carbonyl (C=O) groups excluding carboxylic acids is 1. The quantitative estimate of drug-likeness (QED) is 0.911. The fourth-order valence-corrected chi connectivity index (χ4v) is 3.94. The van der Waals surface area contributed by atoms with E-state index in [1.54, 1.807) is 4.90 Å². The third kappa shape index (κ3) is 2.79. The Labute approximate surface area is 142 Å². The largest absolute Gasteiger partial charge is 0.331 e. The monoisotopic (exact) mass is 324 g/mol. The number of aromatic amines is 1. The van der Waals surface area contributed by atoms with Crippen LogP contribution >= 0.6 is 0 Å². The van der Waals surface area contributed by atoms with Gasteiger partial charge in [-0.15, -0.1) is 0 Å². The topological polar surface area (TPSA) is 61.0 Å². The molecule has 24 heavy (non-hydrogen) atoms. The number of aromatic nitrogens is 2. The predicted octanol–water partition coefficient (Wildman–Crippen LogP) is 3.12. The maximum Gasteiger partial charge on any atom is 0.317 e. The molecular formula is C19H24N4O. The number of fused-ring (bicyclic) bond motifs is 2. The van der Waals surface area contributed by atoms with Crippen LogP contribution < -0.4 is 5.32 Å². The molecule has 2 aliphatic rings. The first-order valence-corrected chi connectivity index (χ1v) is 8.87. The van der Waals surface area contributed by atoms with Crippen molar-refractivity contribution in [2.45, 2.75) is 51.1 Å². The lowest BCUT2D eigenvalue weighted by molar-refractivity contribution is 0.202. The van der Waals surface area contributed by atoms with Crippen molar-refractivity contribution in [2.24, 2.45) is 0 Å². The molecule has 126 valence electrons. The molecule has 1 heterocycles. The Bertz CT molecular complexity index is 752. The summed E-state index contributed by atoms with van der Waals surface area (Å²) in [6, 6.07) is 8.49. The molecule has 0 saturated heterocycles. The molecule has 0 aliphatic heterocycles. The number of rotatable bonds is 3. The fourth-order valence-electron chi connectivity index (χ4n) is 3.94. The van der Waals surface area contributed by atoms with E-state index in [0.29, 0.717) is 6.54 Å². The maximum atomic E-state index is 12.6. The number of benzene rings is 1. The van der Waals surface area contributed by atoms with Crippen molar-refractivity contribution in [1.29, 1.82) is 0 Å². The van der Waals surface area contributed by atoms with Gasteiger partial charge in [0.25, 0.3) is 0 Å². The van der Waals surface area contributed by atoms with E-state index in [1.807, 2.05) is 13.1 Å². The molecule has 0 fully saturated rings. The minimum absolute atomic E-state index is 0.0238. The highest BCUT2D eigenvalue weighted by atomic mass is 16.2. The zero-order valence-corrected chi connectivity index (χ0v) is 14.1. The second-order valence-electron chi connectivity index (χ2n) is 6.93. The molecule has 2 aliphatic carbocycles. The number of hydrogen-bond acceptors (Lipinski definition) is 2. The van der Waals surface area contributed by atoms with Crippen LogP contribution in [0.5, 0.6) is 0 Å². The normalized spacial score (nSPS) is 18.8. The van der Waals surface area contributed by atoms with Gasteiger partial charge in [0, 0.05) is 12.7 Å². The number of nitrogens with zero attached hydrogens (tertiary/aromatic N) is 2. The van der Waals surface area contributed by atoms with Crippen LogP contribution in [0.3, 0.4) is 0 Å². The first-order valence-electron chi connectivity index (χ1n) is 8.87. The van der Waals surface area contributed by atoms with Crippen molar-refractivity contribution in [3.63, 3.8) is 0 Å². The second kappa shape index (κ2) is 6.30. The van der Waals surface area contributed by atoms with E-state index in [1.165, 1.54) is 35.2 Å². The van der Waals surface area contributed by atoms with Gasteiger partial charge in [0.15, 0.2) is 0 Å². The summed E-state index contributed by atoms with van der Waals surface area (Å²) in [5.74, 6) is 0. The number of H-pyrrole nitrogens is 1. The summed E-state index contributed by atoms with van der Waals surface area (Å²) in [6.07, 6.45) is 6.62. The summed E-state index contributed by atoms with van der Waals surface area (Å²) in [5, 5.41) is 10.8. The molecule has 5 nitrogen and oxygen atoms in total. The van der Waals surface area contributed by atoms with Gasteiger partial charge in [-0.2, -0.15) is 5.10 Å². The van der Waals surface area contributed by atoms with Crippen molar-refractivity contribution in [1.82, 2.24) is 20.4 Å². The van der Waals surface area contributed by atoms with Crippen LogP contribution in [0.25, 0.3) is 0 Å². The summed E-state index contributed by atoms with van der Waals surface area (Å²) < 4.78 is 0. The van der Waals surface area contributed by atoms with E-state index in [0.717, 1.165) is 31.4 Å². The first kappa shape index (κ1) is 15.2. The molecule has 2 aromatic rings. The number of urea groups is 1. The number of hydrogen-bond donors (Lipinski definition) is 2. The van der Waals surface area contributed by atoms with Crippen LogP contribution in [-0.2, 0) is 25.8 Å². The highest BCUT2D eigenvalue weighted by Crippen LogP contribution is 2.31. The third-order valence-electron chi connectivity index (χ3n) is 5.31. The van der Waals surface area contributed by atoms with Crippen LogP contribution in [0.2, 0.25) is 0 Å². The molecule has 4 rings (SSSR count). The van der Waals surface area contributed by atoms with Gasteiger partial charge in [-0.1, -0.05) is 24.3 Å². The van der Waals surface area contributed by atoms with Gasteiger partial charge in [-0.25, -0.2) is 4.79 Å². The van der Waals surface area contributed by atoms with Crippen LogP contribution in [-0.4, -0.2) is 28.2 Å². The van der Waals surface area contributed by atoms with Crippen LogP contribution in [0.15, 0.2) is 24.3 Å². The Balaban J connectivity index is 1.41. The summed E-state index contributed by atoms with van der Waals surface area (Å²) in [7, 11) is 1.85. The van der Waals surface area contributed by atoms with Gasteiger partial charge in [0.2, 0.25) is 0 Å². The smallest absolute Gasteiger partial charge is 0.317 e. The minimum atomic E-state index is -0.0238. The first-order chi connectivity index (χ1) is 11.7. The molecular weight excluding hydrogens is 300 g/mol. The van der Waals surface area contributed by atoms with E-state index in [4.69, 9.17) is 0 Å². The summed E-state index contributed by atoms with van der Waals surface area (Å²) in [4.78, 5) is 14.3. The lowest BCUT2D eigenvalue weighted by Gasteiger charge is -2.22. The van der Waals surface area contributed by atoms with Crippen LogP contribution in [0, 0.1) is 0 Å². The average molecular weight is 324 g/mol. The molecule has 0 radical (unpaired) electrons. The van der Waals surface area contributed by atoms with Crippen molar-refractivity contribution in [3.05, 3.63) is 52.3 Å². The molecule has 1 aromatic carbocycles. The Morgan fingerprint density at radius 2 is 2.12 bits per heavy atom. The summed E-state index contributed by atoms with van der Waals surface area (Å²) in [6.45, 7) is 0.562. The third-order valence-corrected chi connectivity index (χ3v) is 5.31. The van der Waals surface area contributed by atoms with Crippen molar-refractivity contribution in [3.8, 4) is 0 Å². The fraction of sp³-hybridized carbons (Fsp3) is 0.474. The van der Waals surface area contributed by atoms with Crippen molar-refractivity contribution >= 4 is 6.03 Å². The van der Waals surface area contributed by atoms with Crippen LogP contribution in [0.4, 0.5) is 4.79 Å². The van der Waals surface area contributed by atoms with Gasteiger partial charge in [0.1, 0.15) is 0 Å². The highest BCUT2D eigenvalue weighted by molar-refractivity contribution is 5.74. The lowest BCUT2D eigenvalue weighted by Crippen LogP contribution is -2.38. The molecule has 1 aromatic heterocycles. The molecule has 0 bridgehead atoms. The number of aryl methyl sites for hydroxylation is 2. The van der Waals surface area contributed by atoms with Crippen molar-refractivity contribution < 1.29 is 4.79 Å². The predicted molar refractivity (Wildman–Crippen MR) is 92.7 cm³/mol. The van der Waals surface area contributed by atoms with E-state index in [9.17, 15) is 4.79 Å². The zero-order valence-electron chi connectivity index (χ0n) is 14.1. The number of carbonyl (C=O) groups is 1. The zero-order chi connectivity index (χ0) is 16.5. The molecule has 1 atom stereocenters. The molecule has 0 spiro atoms. The molecule has 2 N–H and O–H groups in total. The SMILES string of the molecule is CN(Cc1n[nH]c2c1CCCC2)C(=O)NC1CCc2ccccc21. The summed E-state index contributed by atoms with van der Waals surface area (Å²) >= 11 is 0. The second-order valence-corrected chi connectivity index (χ2v) is 6.93. The summed E-state index contributed by atoms with van der Waals surface area (Å²) in [5.41, 5.74) is 6.22. The minimum Gasteiger partial charge on any atom is -0.331 e. The van der Waals surface area contributed by atoms with Gasteiger partial charge >= 0.3 is 6.03 Å². The number of amides is 2. The van der Waals surface area contributed by atoms with E-state index in [2.05, 4.69) is 33.7 Å². The number of nitrogens with one attached hydrogen (secondary N) is 2. The van der Waals surface area contributed by atoms with E-state index in [-0.39, 0.29) is 12.1 Å². The van der Waals surface area contributed by atoms with Gasteiger partial charge < -0.3 is 10.2 Å². The van der Waals surface area contributed by atoms with E-state index < -0.39 is 0 Å². The Morgan fingerprint density at radius 3 is 3.04 bits per heavy atom. The lowest BCUT2D eigenvalue weighted by atomic mass is 9.96. The Morgan fingerprint density at radius 1 is 1.29 bits per heavy atom. The van der Waals surface area contributed by atoms with Gasteiger partial charge in [-0.05, 0) is 55.2 Å². The van der Waals surface area contributed by atoms with Gasteiger partial charge in [-0.3, -0.25) is 5.10 Å². The van der Waals surface area contributed by atoms with E-state index >= 15 is 0 Å². The molecule has 2 amide bonds. The molecule has 0 saturated carbocycles. The van der Waals surface area contributed by atoms with Crippen molar-refractivity contribution in [2.75, 3.05) is 7.05 Å². The molecule has 1 unspecified atom stereocenters. The van der Waals surface area contributed by atoms with Crippen LogP contribution in [0.1, 0.15) is 53.4 Å². The molecule has 5 heteroatoms. The Hall–Kier alpha value is -2.30. The standard InChI is InChI=1S/C19H24N4O/c1-23(12-18-15-8-4-5-9-17(15)21-22-18)19(24)20-16-11-10-13-6-2-3-7-14(13)16/h2-3,6-7,16H,4-5,8-12H2,1H3,(H,20,24)(H,21,22). The maximum absolute atomic E-state index is 12.6. The van der Waals surface area contributed by atoms with Gasteiger partial charge in [0.05, 0.1) is 18.3 Å². The average Bonchev–Trinajstić information content (AvgIpc) is 3.20. The Kier molecular flexibility index (Phi) is 4.00. The highest BCUT2D eigenvalue weighted by Gasteiger charge is 2.25.